The summed E-state index contributed by atoms with van der Waals surface area (Å²) >= 11 is 0. The molecule has 1 aliphatic rings. The molecule has 100 valence electrons. The van der Waals surface area contributed by atoms with E-state index in [1.165, 1.54) is 0 Å². The van der Waals surface area contributed by atoms with Crippen LogP contribution < -0.4 is 10.2 Å². The predicted molar refractivity (Wildman–Crippen MR) is 68.0 cm³/mol. The van der Waals surface area contributed by atoms with Crippen molar-refractivity contribution in [3.8, 4) is 0 Å². The topological polar surface area (TPSA) is 86.7 Å². The predicted octanol–water partition coefficient (Wildman–Crippen LogP) is 0.628. The molecule has 2 amide bonds. The maximum absolute atomic E-state index is 11.6. The summed E-state index contributed by atoms with van der Waals surface area (Å²) in [7, 11) is 0. The lowest BCUT2D eigenvalue weighted by Gasteiger charge is -2.15. The van der Waals surface area contributed by atoms with E-state index in [0.29, 0.717) is 18.5 Å². The van der Waals surface area contributed by atoms with Gasteiger partial charge in [0.1, 0.15) is 6.54 Å². The number of nitrogens with one attached hydrogen (secondary N) is 1. The van der Waals surface area contributed by atoms with Crippen LogP contribution in [-0.4, -0.2) is 36.0 Å². The number of carbonyl (C=O) groups is 3. The Morgan fingerprint density at radius 2 is 1.95 bits per heavy atom. The third-order valence-corrected chi connectivity index (χ3v) is 2.91. The molecule has 0 bridgehead atoms. The van der Waals surface area contributed by atoms with Crippen molar-refractivity contribution in [2.45, 2.75) is 12.8 Å². The largest absolute Gasteiger partial charge is 0.480 e. The number of hydrogen-bond acceptors (Lipinski definition) is 3. The number of nitrogens with zero attached hydrogens (tertiary/aromatic N) is 1. The second-order valence-corrected chi connectivity index (χ2v) is 4.27. The van der Waals surface area contributed by atoms with E-state index in [1.807, 2.05) is 0 Å². The van der Waals surface area contributed by atoms with Crippen LogP contribution in [0.5, 0.6) is 0 Å². The zero-order valence-electron chi connectivity index (χ0n) is 10.3. The summed E-state index contributed by atoms with van der Waals surface area (Å²) in [4.78, 5) is 35.2. The van der Waals surface area contributed by atoms with Crippen molar-refractivity contribution in [3.05, 3.63) is 29.8 Å². The first-order valence-corrected chi connectivity index (χ1v) is 5.98. The van der Waals surface area contributed by atoms with Crippen molar-refractivity contribution in [1.29, 1.82) is 0 Å². The number of carboxylic acid groups (broad SMARTS) is 1. The number of amides is 2. The van der Waals surface area contributed by atoms with Crippen molar-refractivity contribution >= 4 is 23.5 Å². The third kappa shape index (κ3) is 3.09. The van der Waals surface area contributed by atoms with Crippen molar-refractivity contribution in [1.82, 2.24) is 5.32 Å². The number of anilines is 1. The molecule has 1 aliphatic heterocycles. The summed E-state index contributed by atoms with van der Waals surface area (Å²) in [6.07, 6.45) is 1.40. The lowest BCUT2D eigenvalue weighted by atomic mass is 10.2. The Morgan fingerprint density at radius 3 is 2.47 bits per heavy atom. The summed E-state index contributed by atoms with van der Waals surface area (Å²) in [6.45, 7) is 0.286. The van der Waals surface area contributed by atoms with Gasteiger partial charge in [-0.15, -0.1) is 0 Å². The first-order chi connectivity index (χ1) is 9.08. The summed E-state index contributed by atoms with van der Waals surface area (Å²) in [5.41, 5.74) is 1.13. The Balaban J connectivity index is 2.03. The minimum atomic E-state index is -1.09. The van der Waals surface area contributed by atoms with Crippen molar-refractivity contribution < 1.29 is 19.5 Å². The second-order valence-electron chi connectivity index (χ2n) is 4.27. The van der Waals surface area contributed by atoms with Crippen molar-refractivity contribution in [2.24, 2.45) is 0 Å². The van der Waals surface area contributed by atoms with Gasteiger partial charge in [0, 0.05) is 24.2 Å². The molecule has 0 saturated carbocycles. The molecular formula is C13H14N2O4. The van der Waals surface area contributed by atoms with Gasteiger partial charge in [0.25, 0.3) is 5.91 Å². The normalized spacial score (nSPS) is 14.5. The van der Waals surface area contributed by atoms with Gasteiger partial charge in [-0.05, 0) is 30.7 Å². The van der Waals surface area contributed by atoms with Crippen LogP contribution in [0.4, 0.5) is 5.69 Å². The molecule has 2 N–H and O–H groups in total. The van der Waals surface area contributed by atoms with Gasteiger partial charge < -0.3 is 15.3 Å². The van der Waals surface area contributed by atoms with Crippen LogP contribution in [0.2, 0.25) is 0 Å². The Hall–Kier alpha value is -2.37. The van der Waals surface area contributed by atoms with E-state index in [0.717, 1.165) is 12.1 Å². The molecular weight excluding hydrogens is 248 g/mol. The molecule has 0 radical (unpaired) electrons. The molecule has 0 atom stereocenters. The number of carboxylic acids is 1. The average Bonchev–Trinajstić information content (AvgIpc) is 2.82. The van der Waals surface area contributed by atoms with Gasteiger partial charge in [0.15, 0.2) is 0 Å². The van der Waals surface area contributed by atoms with Crippen molar-refractivity contribution in [3.63, 3.8) is 0 Å². The Bertz CT molecular complexity index is 510. The smallest absolute Gasteiger partial charge is 0.322 e. The molecule has 0 aliphatic carbocycles. The van der Waals surface area contributed by atoms with E-state index in [-0.39, 0.29) is 5.91 Å². The van der Waals surface area contributed by atoms with Gasteiger partial charge in [0.2, 0.25) is 5.91 Å². The third-order valence-electron chi connectivity index (χ3n) is 2.91. The molecule has 1 saturated heterocycles. The lowest BCUT2D eigenvalue weighted by Crippen LogP contribution is -2.29. The van der Waals surface area contributed by atoms with E-state index in [2.05, 4.69) is 5.32 Å². The summed E-state index contributed by atoms with van der Waals surface area (Å²) in [5.74, 6) is -1.45. The van der Waals surface area contributed by atoms with Crippen LogP contribution in [0, 0.1) is 0 Å². The highest BCUT2D eigenvalue weighted by molar-refractivity contribution is 5.98. The number of aliphatic carboxylic acids is 1. The molecule has 0 spiro atoms. The summed E-state index contributed by atoms with van der Waals surface area (Å²) < 4.78 is 0. The fraction of sp³-hybridized carbons (Fsp3) is 0.308. The standard InChI is InChI=1S/C13H14N2O4/c16-11-2-1-7-15(11)10-5-3-9(4-6-10)13(19)14-8-12(17)18/h3-6H,1-2,7-8H2,(H,14,19)(H,17,18). The quantitative estimate of drug-likeness (QED) is 0.833. The highest BCUT2D eigenvalue weighted by Crippen LogP contribution is 2.21. The number of benzene rings is 1. The first kappa shape index (κ1) is 13.1. The Labute approximate surface area is 110 Å². The molecule has 1 aromatic carbocycles. The molecule has 0 aromatic heterocycles. The first-order valence-electron chi connectivity index (χ1n) is 5.98. The fourth-order valence-electron chi connectivity index (χ4n) is 1.97. The van der Waals surface area contributed by atoms with E-state index in [9.17, 15) is 14.4 Å². The molecule has 6 heteroatoms. The van der Waals surface area contributed by atoms with E-state index < -0.39 is 18.4 Å². The zero-order chi connectivity index (χ0) is 13.8. The SMILES string of the molecule is O=C(O)CNC(=O)c1ccc(N2CCCC2=O)cc1. The number of hydrogen-bond donors (Lipinski definition) is 2. The molecule has 1 fully saturated rings. The molecule has 0 unspecified atom stereocenters. The molecule has 6 nitrogen and oxygen atoms in total. The van der Waals surface area contributed by atoms with E-state index in [4.69, 9.17) is 5.11 Å². The second kappa shape index (κ2) is 5.51. The lowest BCUT2D eigenvalue weighted by molar-refractivity contribution is -0.135. The van der Waals surface area contributed by atoms with Crippen LogP contribution in [0.25, 0.3) is 0 Å². The maximum Gasteiger partial charge on any atom is 0.322 e. The van der Waals surface area contributed by atoms with Crippen molar-refractivity contribution in [2.75, 3.05) is 18.0 Å². The van der Waals surface area contributed by atoms with Crippen LogP contribution in [0.1, 0.15) is 23.2 Å². The number of carbonyl (C=O) groups excluding carboxylic acids is 2. The van der Waals surface area contributed by atoms with Gasteiger partial charge in [-0.3, -0.25) is 14.4 Å². The minimum Gasteiger partial charge on any atom is -0.480 e. The highest BCUT2D eigenvalue weighted by atomic mass is 16.4. The van der Waals surface area contributed by atoms with Crippen LogP contribution in [-0.2, 0) is 9.59 Å². The van der Waals surface area contributed by atoms with Crippen LogP contribution >= 0.6 is 0 Å². The van der Waals surface area contributed by atoms with Gasteiger partial charge in [0.05, 0.1) is 0 Å². The van der Waals surface area contributed by atoms with E-state index in [1.54, 1.807) is 29.2 Å². The van der Waals surface area contributed by atoms with Crippen LogP contribution in [0.3, 0.4) is 0 Å². The van der Waals surface area contributed by atoms with Gasteiger partial charge in [-0.1, -0.05) is 0 Å². The summed E-state index contributed by atoms with van der Waals surface area (Å²) in [5, 5.41) is 10.7. The van der Waals surface area contributed by atoms with Gasteiger partial charge in [-0.25, -0.2) is 0 Å². The Morgan fingerprint density at radius 1 is 1.26 bits per heavy atom. The van der Waals surface area contributed by atoms with Gasteiger partial charge in [-0.2, -0.15) is 0 Å². The average molecular weight is 262 g/mol. The fourth-order valence-corrected chi connectivity index (χ4v) is 1.97. The van der Waals surface area contributed by atoms with E-state index >= 15 is 0 Å². The molecule has 1 heterocycles. The summed E-state index contributed by atoms with van der Waals surface area (Å²) in [6, 6.07) is 6.55. The van der Waals surface area contributed by atoms with Crippen LogP contribution in [0.15, 0.2) is 24.3 Å². The monoisotopic (exact) mass is 262 g/mol. The molecule has 1 aromatic rings. The number of rotatable bonds is 4. The van der Waals surface area contributed by atoms with Gasteiger partial charge >= 0.3 is 5.97 Å². The molecule has 19 heavy (non-hydrogen) atoms. The molecule has 2 rings (SSSR count). The Kier molecular flexibility index (Phi) is 3.79. The zero-order valence-corrected chi connectivity index (χ0v) is 10.3. The maximum atomic E-state index is 11.6. The highest BCUT2D eigenvalue weighted by Gasteiger charge is 2.21. The minimum absolute atomic E-state index is 0.0862.